The van der Waals surface area contributed by atoms with E-state index in [0.29, 0.717) is 0 Å². The molecule has 0 unspecified atom stereocenters. The zero-order valence-corrected chi connectivity index (χ0v) is 16.0. The van der Waals surface area contributed by atoms with Crippen molar-refractivity contribution in [2.24, 2.45) is 0 Å². The van der Waals surface area contributed by atoms with E-state index in [-0.39, 0.29) is 18.1 Å². The largest absolute Gasteiger partial charge is 0.416 e. The van der Waals surface area contributed by atoms with Gasteiger partial charge in [0.15, 0.2) is 12.2 Å². The molecule has 0 saturated heterocycles. The zero-order valence-electron chi connectivity index (χ0n) is 16.0. The van der Waals surface area contributed by atoms with Crippen LogP contribution < -0.4 is 9.88 Å². The lowest BCUT2D eigenvalue weighted by Crippen LogP contribution is -2.42. The van der Waals surface area contributed by atoms with Crippen LogP contribution in [0.15, 0.2) is 54.7 Å². The van der Waals surface area contributed by atoms with Gasteiger partial charge in [-0.2, -0.15) is 13.2 Å². The van der Waals surface area contributed by atoms with Crippen molar-refractivity contribution in [1.82, 2.24) is 4.57 Å². The minimum absolute atomic E-state index is 0.0530. The average Bonchev–Trinajstić information content (AvgIpc) is 3.26. The van der Waals surface area contributed by atoms with Crippen molar-refractivity contribution in [2.75, 3.05) is 5.32 Å². The molecule has 0 bridgehead atoms. The molecule has 1 amide bonds. The van der Waals surface area contributed by atoms with Gasteiger partial charge in [0.05, 0.1) is 18.5 Å². The second-order valence-electron chi connectivity index (χ2n) is 7.31. The number of nitrogens with one attached hydrogen (secondary N) is 1. The zero-order chi connectivity index (χ0) is 20.6. The molecular weight excluding hydrogens is 379 g/mol. The van der Waals surface area contributed by atoms with E-state index in [4.69, 9.17) is 0 Å². The fourth-order valence-electron chi connectivity index (χ4n) is 3.73. The number of fused-ring (bicyclic) bond motifs is 1. The summed E-state index contributed by atoms with van der Waals surface area (Å²) in [5.74, 6) is 0.699. The molecule has 0 spiro atoms. The quantitative estimate of drug-likeness (QED) is 0.650. The number of hydrogen-bond acceptors (Lipinski definition) is 1. The Hall–Kier alpha value is -3.09. The number of aromatic nitrogens is 2. The number of rotatable bonds is 4. The summed E-state index contributed by atoms with van der Waals surface area (Å²) < 4.78 is 42.7. The number of alkyl halides is 3. The molecule has 2 aromatic carbocycles. The van der Waals surface area contributed by atoms with Gasteiger partial charge in [-0.25, -0.2) is 9.13 Å². The summed E-state index contributed by atoms with van der Waals surface area (Å²) in [7, 11) is 0. The van der Waals surface area contributed by atoms with Crippen LogP contribution in [0.3, 0.4) is 0 Å². The molecule has 0 atom stereocenters. The lowest BCUT2D eigenvalue weighted by molar-refractivity contribution is -0.690. The number of amides is 1. The fraction of sp³-hybridized carbons (Fsp3) is 0.273. The Morgan fingerprint density at radius 1 is 1.17 bits per heavy atom. The molecule has 1 aliphatic heterocycles. The van der Waals surface area contributed by atoms with Crippen LogP contribution in [0, 0.1) is 6.92 Å². The summed E-state index contributed by atoms with van der Waals surface area (Å²) in [6, 6.07) is 12.9. The van der Waals surface area contributed by atoms with E-state index in [0.717, 1.165) is 48.6 Å². The number of aryl methyl sites for hydroxylation is 1. The molecule has 29 heavy (non-hydrogen) atoms. The third-order valence-corrected chi connectivity index (χ3v) is 5.13. The smallest absolute Gasteiger partial charge is 0.323 e. The standard InChI is InChI=1S/C22H20F3N3O/c1-15-7-9-16(10-8-15)19-13-27(21-6-3-11-28(19)21)14-20(29)26-18-5-2-4-17(12-18)22(23,24)25/h2,4-5,7-10,12-13H,3,6,11,14H2,1H3/p+1. The van der Waals surface area contributed by atoms with Crippen LogP contribution >= 0.6 is 0 Å². The Morgan fingerprint density at radius 3 is 2.66 bits per heavy atom. The highest BCUT2D eigenvalue weighted by Crippen LogP contribution is 2.30. The SMILES string of the molecule is Cc1ccc(-c2c[n+](CC(=O)Nc3cccc(C(F)(F)F)c3)c3n2CCC3)cc1. The van der Waals surface area contributed by atoms with Crippen molar-refractivity contribution in [1.29, 1.82) is 0 Å². The first-order chi connectivity index (χ1) is 13.8. The van der Waals surface area contributed by atoms with Gasteiger partial charge in [0, 0.05) is 11.3 Å². The highest BCUT2D eigenvalue weighted by atomic mass is 19.4. The first kappa shape index (κ1) is 19.2. The van der Waals surface area contributed by atoms with Gasteiger partial charge in [-0.1, -0.05) is 35.9 Å². The summed E-state index contributed by atoms with van der Waals surface area (Å²) in [5, 5.41) is 2.58. The Labute approximate surface area is 166 Å². The van der Waals surface area contributed by atoms with E-state index in [9.17, 15) is 18.0 Å². The first-order valence-corrected chi connectivity index (χ1v) is 9.47. The molecule has 4 nitrogen and oxygen atoms in total. The second kappa shape index (κ2) is 7.39. The number of halogens is 3. The maximum absolute atomic E-state index is 12.9. The van der Waals surface area contributed by atoms with Gasteiger partial charge in [-0.15, -0.1) is 0 Å². The Kier molecular flexibility index (Phi) is 4.90. The molecule has 1 N–H and O–H groups in total. The minimum atomic E-state index is -4.44. The summed E-state index contributed by atoms with van der Waals surface area (Å²) in [6.07, 6.45) is -0.626. The average molecular weight is 400 g/mol. The number of nitrogens with zero attached hydrogens (tertiary/aromatic N) is 2. The number of carbonyl (C=O) groups excluding carboxylic acids is 1. The van der Waals surface area contributed by atoms with Crippen molar-refractivity contribution in [3.05, 3.63) is 71.7 Å². The van der Waals surface area contributed by atoms with Crippen LogP contribution in [0.2, 0.25) is 0 Å². The van der Waals surface area contributed by atoms with E-state index in [1.165, 1.54) is 17.7 Å². The lowest BCUT2D eigenvalue weighted by atomic mass is 10.1. The maximum Gasteiger partial charge on any atom is 0.416 e. The molecule has 150 valence electrons. The molecule has 0 aliphatic carbocycles. The first-order valence-electron chi connectivity index (χ1n) is 9.47. The van der Waals surface area contributed by atoms with Gasteiger partial charge in [-0.3, -0.25) is 4.79 Å². The number of benzene rings is 2. The van der Waals surface area contributed by atoms with E-state index in [2.05, 4.69) is 34.1 Å². The molecular formula is C22H21F3N3O+. The molecule has 0 radical (unpaired) electrons. The van der Waals surface area contributed by atoms with Crippen LogP contribution in [-0.2, 0) is 30.5 Å². The monoisotopic (exact) mass is 400 g/mol. The van der Waals surface area contributed by atoms with Crippen molar-refractivity contribution >= 4 is 11.6 Å². The van der Waals surface area contributed by atoms with Crippen molar-refractivity contribution in [2.45, 2.75) is 39.0 Å². The number of hydrogen-bond donors (Lipinski definition) is 1. The topological polar surface area (TPSA) is 37.9 Å². The molecule has 0 saturated carbocycles. The molecule has 0 fully saturated rings. The van der Waals surface area contributed by atoms with Crippen LogP contribution in [0.25, 0.3) is 11.3 Å². The minimum Gasteiger partial charge on any atom is -0.323 e. The molecule has 1 aromatic heterocycles. The molecule has 4 rings (SSSR count). The van der Waals surface area contributed by atoms with Crippen LogP contribution in [0.4, 0.5) is 18.9 Å². The lowest BCUT2D eigenvalue weighted by Gasteiger charge is -2.09. The van der Waals surface area contributed by atoms with Gasteiger partial charge in [0.2, 0.25) is 0 Å². The van der Waals surface area contributed by atoms with E-state index < -0.39 is 11.7 Å². The molecule has 3 aromatic rings. The van der Waals surface area contributed by atoms with Crippen LogP contribution in [-0.4, -0.2) is 10.5 Å². The summed E-state index contributed by atoms with van der Waals surface area (Å²) in [6.45, 7) is 2.98. The Bertz CT molecular complexity index is 1050. The third kappa shape index (κ3) is 4.04. The van der Waals surface area contributed by atoms with Crippen LogP contribution in [0.1, 0.15) is 23.4 Å². The number of anilines is 1. The molecule has 2 heterocycles. The van der Waals surface area contributed by atoms with Gasteiger partial charge >= 0.3 is 6.18 Å². The van der Waals surface area contributed by atoms with Gasteiger partial charge in [0.25, 0.3) is 11.7 Å². The Morgan fingerprint density at radius 2 is 1.93 bits per heavy atom. The van der Waals surface area contributed by atoms with Gasteiger partial charge < -0.3 is 5.32 Å². The molecule has 7 heteroatoms. The predicted molar refractivity (Wildman–Crippen MR) is 103 cm³/mol. The second-order valence-corrected chi connectivity index (χ2v) is 7.31. The Balaban J connectivity index is 1.55. The van der Waals surface area contributed by atoms with Crippen molar-refractivity contribution in [3.63, 3.8) is 0 Å². The van der Waals surface area contributed by atoms with E-state index in [1.54, 1.807) is 0 Å². The normalized spacial score (nSPS) is 13.4. The fourth-order valence-corrected chi connectivity index (χ4v) is 3.73. The van der Waals surface area contributed by atoms with Crippen molar-refractivity contribution < 1.29 is 22.5 Å². The van der Waals surface area contributed by atoms with Crippen molar-refractivity contribution in [3.8, 4) is 11.3 Å². The number of imidazole rings is 1. The highest BCUT2D eigenvalue weighted by molar-refractivity contribution is 5.89. The number of carbonyl (C=O) groups is 1. The highest BCUT2D eigenvalue weighted by Gasteiger charge is 2.31. The van der Waals surface area contributed by atoms with Crippen LogP contribution in [0.5, 0.6) is 0 Å². The summed E-state index contributed by atoms with van der Waals surface area (Å²) in [4.78, 5) is 12.5. The predicted octanol–water partition coefficient (Wildman–Crippen LogP) is 4.35. The van der Waals surface area contributed by atoms with E-state index in [1.807, 2.05) is 17.7 Å². The molecule has 1 aliphatic rings. The summed E-state index contributed by atoms with van der Waals surface area (Å²) in [5.41, 5.74) is 2.66. The third-order valence-electron chi connectivity index (χ3n) is 5.13. The van der Waals surface area contributed by atoms with Gasteiger partial charge in [-0.05, 0) is 31.5 Å². The summed E-state index contributed by atoms with van der Waals surface area (Å²) >= 11 is 0. The van der Waals surface area contributed by atoms with Gasteiger partial charge in [0.1, 0.15) is 6.20 Å². The maximum atomic E-state index is 12.9. The van der Waals surface area contributed by atoms with E-state index >= 15 is 0 Å².